The minimum Gasteiger partial charge on any atom is -0.457 e. The third-order valence-electron chi connectivity index (χ3n) is 17.7. The summed E-state index contributed by atoms with van der Waals surface area (Å²) in [6.45, 7) is 28.4. The molecule has 0 saturated heterocycles. The fourth-order valence-electron chi connectivity index (χ4n) is 12.1. The van der Waals surface area contributed by atoms with E-state index >= 15 is 0 Å². The Hall–Kier alpha value is -8.67. The number of fused-ring (bicyclic) bond motifs is 4. The molecule has 0 spiro atoms. The summed E-state index contributed by atoms with van der Waals surface area (Å²) in [5, 5.41) is 2.31. The van der Waals surface area contributed by atoms with Crippen molar-refractivity contribution in [1.29, 1.82) is 0 Å². The maximum absolute atomic E-state index is 7.23. The Balaban J connectivity index is 1.01. The van der Waals surface area contributed by atoms with E-state index in [9.17, 15) is 0 Å². The predicted molar refractivity (Wildman–Crippen MR) is 346 cm³/mol. The van der Waals surface area contributed by atoms with Gasteiger partial charge in [0.15, 0.2) is 0 Å². The van der Waals surface area contributed by atoms with Gasteiger partial charge in [0.1, 0.15) is 24.0 Å². The van der Waals surface area contributed by atoms with Crippen LogP contribution in [0.3, 0.4) is 0 Å². The Bertz CT molecular complexity index is 4070. The van der Waals surface area contributed by atoms with Crippen LogP contribution in [-0.4, -0.2) is 16.2 Å². The van der Waals surface area contributed by atoms with Crippen molar-refractivity contribution in [3.8, 4) is 28.4 Å². The number of anilines is 4. The zero-order valence-corrected chi connectivity index (χ0v) is 49.8. The number of hydrogen-bond acceptors (Lipinski definition) is 4. The fraction of sp³-hybridized carbons (Fsp3) is 0.234. The number of ether oxygens (including phenoxy) is 1. The maximum atomic E-state index is 7.23. The summed E-state index contributed by atoms with van der Waals surface area (Å²) < 4.78 is 9.54. The lowest BCUT2D eigenvalue weighted by Crippen LogP contribution is -2.27. The average molecular weight is 1070 g/mol. The molecule has 0 radical (unpaired) electrons. The van der Waals surface area contributed by atoms with Crippen LogP contribution in [0.1, 0.15) is 128 Å². The van der Waals surface area contributed by atoms with Crippen molar-refractivity contribution in [2.24, 2.45) is 0 Å². The number of pyridine rings is 1. The molecule has 1 aliphatic heterocycles. The maximum Gasteiger partial charge on any atom is 0.137 e. The molecule has 9 aromatic carbocycles. The van der Waals surface area contributed by atoms with E-state index in [4.69, 9.17) is 9.72 Å². The smallest absolute Gasteiger partial charge is 0.137 e. The molecule has 11 aromatic rings. The zero-order chi connectivity index (χ0) is 57.3. The average Bonchev–Trinajstić information content (AvgIpc) is 4.23. The molecular weight excluding hydrogens is 997 g/mol. The molecule has 0 atom stereocenters. The van der Waals surface area contributed by atoms with E-state index in [1.807, 2.05) is 6.20 Å². The fourth-order valence-corrected chi connectivity index (χ4v) is 12.1. The Morgan fingerprint density at radius 1 is 0.341 bits per heavy atom. The molecule has 2 aromatic heterocycles. The summed E-state index contributed by atoms with van der Waals surface area (Å²) in [7, 11) is 0. The lowest BCUT2D eigenvalue weighted by atomic mass is 9.73. The van der Waals surface area contributed by atoms with Crippen LogP contribution in [0.4, 0.5) is 22.7 Å². The third-order valence-corrected chi connectivity index (χ3v) is 17.7. The van der Waals surface area contributed by atoms with E-state index in [1.54, 1.807) is 0 Å². The number of nitrogens with zero attached hydrogens (tertiary/aromatic N) is 4. The van der Waals surface area contributed by atoms with Crippen LogP contribution in [0.5, 0.6) is 11.5 Å². The number of rotatable bonds is 12. The first-order chi connectivity index (χ1) is 39.1. The van der Waals surface area contributed by atoms with Crippen LogP contribution >= 0.6 is 0 Å². The summed E-state index contributed by atoms with van der Waals surface area (Å²) in [6, 6.07) is 82.6. The summed E-state index contributed by atoms with van der Waals surface area (Å²) in [4.78, 5) is 10.1. The van der Waals surface area contributed by atoms with Gasteiger partial charge in [-0.05, 0) is 139 Å². The van der Waals surface area contributed by atoms with Gasteiger partial charge in [0.05, 0.1) is 22.4 Å². The van der Waals surface area contributed by atoms with Gasteiger partial charge in [0, 0.05) is 56.7 Å². The van der Waals surface area contributed by atoms with Crippen molar-refractivity contribution in [3.05, 3.63) is 275 Å². The van der Waals surface area contributed by atoms with Crippen molar-refractivity contribution in [2.45, 2.75) is 110 Å². The van der Waals surface area contributed by atoms with Gasteiger partial charge in [-0.25, -0.2) is 4.98 Å². The summed E-state index contributed by atoms with van der Waals surface area (Å²) in [6.07, 6.45) is 1.95. The molecule has 5 heteroatoms. The minimum absolute atomic E-state index is 0.0565. The molecule has 3 heterocycles. The van der Waals surface area contributed by atoms with Crippen LogP contribution in [0.15, 0.2) is 231 Å². The van der Waals surface area contributed by atoms with Crippen LogP contribution in [-0.2, 0) is 27.1 Å². The summed E-state index contributed by atoms with van der Waals surface area (Å²) in [5.74, 6) is 2.42. The predicted octanol–water partition coefficient (Wildman–Crippen LogP) is 20.5. The summed E-state index contributed by atoms with van der Waals surface area (Å²) in [5.41, 5.74) is 18.0. The van der Waals surface area contributed by atoms with Gasteiger partial charge in [-0.2, -0.15) is 0 Å². The highest BCUT2D eigenvalue weighted by Gasteiger charge is 2.36. The Kier molecular flexibility index (Phi) is 13.4. The van der Waals surface area contributed by atoms with Crippen LogP contribution in [0.25, 0.3) is 38.8 Å². The molecule has 12 rings (SSSR count). The summed E-state index contributed by atoms with van der Waals surface area (Å²) >= 11 is 0. The molecule has 0 N–H and O–H groups in total. The molecular formula is C77H76N4O. The minimum atomic E-state index is -0.284. The SMILES string of the molecule is CC(C)(C)c1cc(Oc2ccc3c4cc(-c5ccccc5)ccc4n(-c4cc(C(C)(C)C)ccn4)c3c2)cc(N2CN(c3cc(C(C)(C)c4ccccc4)cc(C(C)(C)c4ccccc4)c3)c3ccc(C(C)(C)c4ccccc4)cc32)c1. The lowest BCUT2D eigenvalue weighted by Gasteiger charge is -2.33. The highest BCUT2D eigenvalue weighted by atomic mass is 16.5. The first kappa shape index (κ1) is 53.9. The number of hydrogen-bond donors (Lipinski definition) is 0. The molecule has 0 saturated carbocycles. The van der Waals surface area contributed by atoms with Crippen molar-refractivity contribution in [2.75, 3.05) is 16.5 Å². The van der Waals surface area contributed by atoms with Gasteiger partial charge in [0.25, 0.3) is 0 Å². The quantitative estimate of drug-likeness (QED) is 0.122. The van der Waals surface area contributed by atoms with Crippen molar-refractivity contribution < 1.29 is 4.74 Å². The Morgan fingerprint density at radius 2 is 0.878 bits per heavy atom. The molecule has 0 aliphatic carbocycles. The van der Waals surface area contributed by atoms with E-state index in [1.165, 1.54) is 61.0 Å². The topological polar surface area (TPSA) is 33.5 Å². The van der Waals surface area contributed by atoms with E-state index in [2.05, 4.69) is 322 Å². The van der Waals surface area contributed by atoms with Crippen molar-refractivity contribution in [3.63, 3.8) is 0 Å². The van der Waals surface area contributed by atoms with E-state index in [0.29, 0.717) is 6.67 Å². The number of aromatic nitrogens is 2. The van der Waals surface area contributed by atoms with Gasteiger partial charge < -0.3 is 14.5 Å². The standard InChI is InChI=1S/C77H76N4O/c1-73(2,3)57-39-40-78-72(48-57)81-68-37-33-53(52-25-17-13-18-26-52)41-67(68)66-36-35-64(50-70(66)81)82-65-46-59(74(4,5)6)43-63(49-65)80-51-79(69-38-34-58(47-71(69)80)75(7,8)54-27-19-14-20-28-54)62-44-60(76(9,10)55-29-21-15-22-30-55)42-61(45-62)77(11,12)56-31-23-16-24-32-56/h13-50H,51H2,1-12H3. The lowest BCUT2D eigenvalue weighted by molar-refractivity contribution is 0.479. The van der Waals surface area contributed by atoms with Gasteiger partial charge in [-0.15, -0.1) is 0 Å². The molecule has 0 bridgehead atoms. The highest BCUT2D eigenvalue weighted by molar-refractivity contribution is 6.10. The molecule has 0 amide bonds. The highest BCUT2D eigenvalue weighted by Crippen LogP contribution is 2.51. The number of benzene rings is 9. The normalized spacial score (nSPS) is 13.3. The van der Waals surface area contributed by atoms with Crippen molar-refractivity contribution in [1.82, 2.24) is 9.55 Å². The first-order valence-electron chi connectivity index (χ1n) is 29.1. The van der Waals surface area contributed by atoms with E-state index in [-0.39, 0.29) is 27.1 Å². The van der Waals surface area contributed by atoms with Crippen molar-refractivity contribution >= 4 is 44.6 Å². The van der Waals surface area contributed by atoms with Crippen LogP contribution in [0.2, 0.25) is 0 Å². The largest absolute Gasteiger partial charge is 0.457 e. The second kappa shape index (κ2) is 20.4. The molecule has 410 valence electrons. The second-order valence-corrected chi connectivity index (χ2v) is 26.3. The zero-order valence-electron chi connectivity index (χ0n) is 49.8. The van der Waals surface area contributed by atoms with Gasteiger partial charge in [-0.3, -0.25) is 4.57 Å². The third kappa shape index (κ3) is 9.95. The molecule has 82 heavy (non-hydrogen) atoms. The Labute approximate surface area is 486 Å². The van der Waals surface area contributed by atoms with Crippen LogP contribution < -0.4 is 14.5 Å². The molecule has 5 nitrogen and oxygen atoms in total. The first-order valence-corrected chi connectivity index (χ1v) is 29.1. The molecule has 0 unspecified atom stereocenters. The van der Waals surface area contributed by atoms with Gasteiger partial charge >= 0.3 is 0 Å². The van der Waals surface area contributed by atoms with Gasteiger partial charge in [-0.1, -0.05) is 223 Å². The van der Waals surface area contributed by atoms with E-state index < -0.39 is 0 Å². The Morgan fingerprint density at radius 3 is 1.46 bits per heavy atom. The van der Waals surface area contributed by atoms with E-state index in [0.717, 1.165) is 56.5 Å². The van der Waals surface area contributed by atoms with Gasteiger partial charge in [0.2, 0.25) is 0 Å². The monoisotopic (exact) mass is 1070 g/mol. The molecule has 1 aliphatic rings. The van der Waals surface area contributed by atoms with Crippen LogP contribution in [0, 0.1) is 0 Å². The second-order valence-electron chi connectivity index (χ2n) is 26.3. The molecule has 0 fully saturated rings.